The van der Waals surface area contributed by atoms with Gasteiger partial charge in [0.2, 0.25) is 5.91 Å². The van der Waals surface area contributed by atoms with Gasteiger partial charge < -0.3 is 9.47 Å². The molecule has 92 valence electrons. The summed E-state index contributed by atoms with van der Waals surface area (Å²) in [6, 6.07) is 0. The zero-order valence-electron chi connectivity index (χ0n) is 10.0. The summed E-state index contributed by atoms with van der Waals surface area (Å²) in [7, 11) is 0. The molecule has 1 aromatic rings. The van der Waals surface area contributed by atoms with E-state index in [4.69, 9.17) is 0 Å². The second-order valence-electron chi connectivity index (χ2n) is 4.80. The van der Waals surface area contributed by atoms with Crippen molar-refractivity contribution < 1.29 is 4.79 Å². The summed E-state index contributed by atoms with van der Waals surface area (Å²) in [6.45, 7) is 5.78. The highest BCUT2D eigenvalue weighted by atomic mass is 16.2. The van der Waals surface area contributed by atoms with E-state index >= 15 is 0 Å². The smallest absolute Gasteiger partial charge is 0.222 e. The van der Waals surface area contributed by atoms with Crippen molar-refractivity contribution in [1.82, 2.24) is 19.4 Å². The van der Waals surface area contributed by atoms with E-state index in [1.54, 1.807) is 0 Å². The molecule has 0 N–H and O–H groups in total. The van der Waals surface area contributed by atoms with Crippen LogP contribution in [0.2, 0.25) is 0 Å². The first-order valence-corrected chi connectivity index (χ1v) is 6.33. The van der Waals surface area contributed by atoms with Crippen LogP contribution in [0.1, 0.15) is 18.7 Å². The number of imidazole rings is 1. The minimum atomic E-state index is 0.323. The van der Waals surface area contributed by atoms with Crippen LogP contribution in [0.15, 0.2) is 12.4 Å². The molecule has 1 aromatic heterocycles. The van der Waals surface area contributed by atoms with Crippen molar-refractivity contribution in [1.29, 1.82) is 0 Å². The van der Waals surface area contributed by atoms with E-state index < -0.39 is 0 Å². The molecule has 0 bridgehead atoms. The Labute approximate surface area is 101 Å². The van der Waals surface area contributed by atoms with Crippen molar-refractivity contribution in [3.63, 3.8) is 0 Å². The van der Waals surface area contributed by atoms with Gasteiger partial charge in [0.1, 0.15) is 5.82 Å². The summed E-state index contributed by atoms with van der Waals surface area (Å²) in [5.74, 6) is 1.47. The van der Waals surface area contributed by atoms with E-state index in [0.29, 0.717) is 5.91 Å². The summed E-state index contributed by atoms with van der Waals surface area (Å²) in [5.41, 5.74) is 0. The van der Waals surface area contributed by atoms with E-state index in [1.807, 2.05) is 17.3 Å². The number of hydrogen-bond acceptors (Lipinski definition) is 3. The molecule has 0 unspecified atom stereocenters. The Morgan fingerprint density at radius 1 is 1.24 bits per heavy atom. The Morgan fingerprint density at radius 3 is 3.00 bits per heavy atom. The minimum absolute atomic E-state index is 0.323. The standard InChI is InChI=1S/C12H18N4O/c17-12-2-1-4-16(12)9-7-14-6-8-15-5-3-13-11(15)10-14/h3,5H,1-2,4,6-10H2. The van der Waals surface area contributed by atoms with E-state index in [9.17, 15) is 4.79 Å². The fourth-order valence-corrected chi connectivity index (χ4v) is 2.62. The zero-order chi connectivity index (χ0) is 11.7. The number of amides is 1. The first kappa shape index (κ1) is 10.8. The van der Waals surface area contributed by atoms with Gasteiger partial charge in [0, 0.05) is 51.5 Å². The number of carbonyl (C=O) groups is 1. The lowest BCUT2D eigenvalue weighted by molar-refractivity contribution is -0.127. The Hall–Kier alpha value is -1.36. The first-order valence-electron chi connectivity index (χ1n) is 6.33. The van der Waals surface area contributed by atoms with Gasteiger partial charge in [-0.2, -0.15) is 0 Å². The van der Waals surface area contributed by atoms with E-state index in [2.05, 4.69) is 14.5 Å². The van der Waals surface area contributed by atoms with Crippen molar-refractivity contribution in [2.75, 3.05) is 26.2 Å². The molecule has 3 rings (SSSR count). The number of nitrogens with zero attached hydrogens (tertiary/aromatic N) is 4. The fourth-order valence-electron chi connectivity index (χ4n) is 2.62. The maximum absolute atomic E-state index is 11.5. The molecule has 0 radical (unpaired) electrons. The third-order valence-corrected chi connectivity index (χ3v) is 3.68. The van der Waals surface area contributed by atoms with Gasteiger partial charge in [0.25, 0.3) is 0 Å². The van der Waals surface area contributed by atoms with Gasteiger partial charge in [-0.25, -0.2) is 4.98 Å². The lowest BCUT2D eigenvalue weighted by Gasteiger charge is -2.29. The number of fused-ring (bicyclic) bond motifs is 1. The van der Waals surface area contributed by atoms with Crippen LogP contribution < -0.4 is 0 Å². The summed E-state index contributed by atoms with van der Waals surface area (Å²) in [6.07, 6.45) is 5.67. The Bertz CT molecular complexity index is 414. The molecule has 1 amide bonds. The normalized spacial score (nSPS) is 20.9. The van der Waals surface area contributed by atoms with E-state index in [0.717, 1.165) is 57.9 Å². The topological polar surface area (TPSA) is 41.4 Å². The van der Waals surface area contributed by atoms with Crippen molar-refractivity contribution in [3.05, 3.63) is 18.2 Å². The van der Waals surface area contributed by atoms with Gasteiger partial charge in [0.05, 0.1) is 6.54 Å². The molecular weight excluding hydrogens is 216 g/mol. The van der Waals surface area contributed by atoms with Gasteiger partial charge in [0.15, 0.2) is 0 Å². The Morgan fingerprint density at radius 2 is 2.18 bits per heavy atom. The van der Waals surface area contributed by atoms with Crippen LogP contribution in [0.25, 0.3) is 0 Å². The number of hydrogen-bond donors (Lipinski definition) is 0. The van der Waals surface area contributed by atoms with Crippen LogP contribution in [-0.4, -0.2) is 51.4 Å². The van der Waals surface area contributed by atoms with Crippen LogP contribution in [0.5, 0.6) is 0 Å². The molecule has 0 aromatic carbocycles. The SMILES string of the molecule is O=C1CCCN1CCN1CCn2ccnc2C1. The fraction of sp³-hybridized carbons (Fsp3) is 0.667. The monoisotopic (exact) mass is 234 g/mol. The molecule has 1 saturated heterocycles. The van der Waals surface area contributed by atoms with Crippen LogP contribution in [0.4, 0.5) is 0 Å². The molecule has 3 heterocycles. The zero-order valence-corrected chi connectivity index (χ0v) is 10.0. The Kier molecular flexibility index (Phi) is 2.84. The second kappa shape index (κ2) is 4.49. The van der Waals surface area contributed by atoms with E-state index in [-0.39, 0.29) is 0 Å². The maximum Gasteiger partial charge on any atom is 0.222 e. The number of rotatable bonds is 3. The molecule has 5 nitrogen and oxygen atoms in total. The van der Waals surface area contributed by atoms with Crippen LogP contribution in [0.3, 0.4) is 0 Å². The van der Waals surface area contributed by atoms with Crippen molar-refractivity contribution >= 4 is 5.91 Å². The molecule has 2 aliphatic heterocycles. The van der Waals surface area contributed by atoms with Crippen molar-refractivity contribution in [2.45, 2.75) is 25.9 Å². The molecule has 0 aliphatic carbocycles. The average molecular weight is 234 g/mol. The quantitative estimate of drug-likeness (QED) is 0.756. The Balaban J connectivity index is 1.52. The lowest BCUT2D eigenvalue weighted by atomic mass is 10.3. The largest absolute Gasteiger partial charge is 0.341 e. The van der Waals surface area contributed by atoms with Crippen LogP contribution in [-0.2, 0) is 17.9 Å². The van der Waals surface area contributed by atoms with Crippen LogP contribution >= 0.6 is 0 Å². The number of likely N-dealkylation sites (tertiary alicyclic amines) is 1. The summed E-state index contributed by atoms with van der Waals surface area (Å²) < 4.78 is 2.21. The van der Waals surface area contributed by atoms with Gasteiger partial charge in [-0.15, -0.1) is 0 Å². The highest BCUT2D eigenvalue weighted by molar-refractivity contribution is 5.78. The molecule has 2 aliphatic rings. The predicted octanol–water partition coefficient (Wildman–Crippen LogP) is 0.321. The maximum atomic E-state index is 11.5. The van der Waals surface area contributed by atoms with Gasteiger partial charge in [-0.05, 0) is 6.42 Å². The predicted molar refractivity (Wildman–Crippen MR) is 63.3 cm³/mol. The summed E-state index contributed by atoms with van der Waals surface area (Å²) in [4.78, 5) is 20.2. The molecule has 1 fully saturated rings. The second-order valence-corrected chi connectivity index (χ2v) is 4.80. The number of carbonyl (C=O) groups excluding carboxylic acids is 1. The average Bonchev–Trinajstić information content (AvgIpc) is 2.94. The molecule has 0 saturated carbocycles. The minimum Gasteiger partial charge on any atom is -0.341 e. The highest BCUT2D eigenvalue weighted by Gasteiger charge is 2.22. The van der Waals surface area contributed by atoms with Crippen molar-refractivity contribution in [2.24, 2.45) is 0 Å². The van der Waals surface area contributed by atoms with Gasteiger partial charge >= 0.3 is 0 Å². The van der Waals surface area contributed by atoms with Crippen molar-refractivity contribution in [3.8, 4) is 0 Å². The van der Waals surface area contributed by atoms with E-state index in [1.165, 1.54) is 0 Å². The molecule has 17 heavy (non-hydrogen) atoms. The first-order chi connectivity index (χ1) is 8.33. The van der Waals surface area contributed by atoms with Gasteiger partial charge in [-0.3, -0.25) is 9.69 Å². The van der Waals surface area contributed by atoms with Gasteiger partial charge in [-0.1, -0.05) is 0 Å². The third-order valence-electron chi connectivity index (χ3n) is 3.68. The lowest BCUT2D eigenvalue weighted by Crippen LogP contribution is -2.39. The molecule has 0 spiro atoms. The highest BCUT2D eigenvalue weighted by Crippen LogP contribution is 2.12. The van der Waals surface area contributed by atoms with Crippen LogP contribution in [0, 0.1) is 0 Å². The molecule has 0 atom stereocenters. The number of aromatic nitrogens is 2. The third kappa shape index (κ3) is 2.20. The molecule has 5 heteroatoms. The summed E-state index contributed by atoms with van der Waals surface area (Å²) >= 11 is 0. The molecular formula is C12H18N4O. The summed E-state index contributed by atoms with van der Waals surface area (Å²) in [5, 5.41) is 0.